The third kappa shape index (κ3) is 2.53. The number of ether oxygens (including phenoxy) is 1. The molecule has 1 aliphatic carbocycles. The molecule has 4 heteroatoms. The molecule has 1 aliphatic heterocycles. The van der Waals surface area contributed by atoms with Crippen molar-refractivity contribution in [3.05, 3.63) is 75.6 Å². The second-order valence-corrected chi connectivity index (χ2v) is 7.66. The van der Waals surface area contributed by atoms with Crippen LogP contribution in [0.25, 0.3) is 10.9 Å². The zero-order valence-electron chi connectivity index (χ0n) is 14.9. The molecule has 0 saturated heterocycles. The van der Waals surface area contributed by atoms with Crippen LogP contribution in [0, 0.1) is 0 Å². The Balaban J connectivity index is 1.47. The van der Waals surface area contributed by atoms with E-state index < -0.39 is 0 Å². The molecule has 0 bridgehead atoms. The number of nitrogens with zero attached hydrogens (tertiary/aromatic N) is 1. The minimum absolute atomic E-state index is 0.0223. The number of H-pyrrole nitrogens is 1. The zero-order chi connectivity index (χ0) is 17.7. The highest BCUT2D eigenvalue weighted by molar-refractivity contribution is 5.78. The Bertz CT molecular complexity index is 1050. The van der Waals surface area contributed by atoms with E-state index in [1.807, 2.05) is 30.3 Å². The highest BCUT2D eigenvalue weighted by Crippen LogP contribution is 2.53. The molecule has 0 atom stereocenters. The largest absolute Gasteiger partial charge is 0.497 e. The lowest BCUT2D eigenvalue weighted by Crippen LogP contribution is -2.38. The Kier molecular flexibility index (Phi) is 3.44. The van der Waals surface area contributed by atoms with Crippen molar-refractivity contribution in [2.24, 2.45) is 0 Å². The summed E-state index contributed by atoms with van der Waals surface area (Å²) in [5, 5.41) is 1.09. The topological polar surface area (TPSA) is 45.3 Å². The fourth-order valence-corrected chi connectivity index (χ4v) is 4.37. The first kappa shape index (κ1) is 15.6. The molecule has 0 amide bonds. The summed E-state index contributed by atoms with van der Waals surface area (Å²) < 4.78 is 5.42. The van der Waals surface area contributed by atoms with Gasteiger partial charge in [-0.2, -0.15) is 0 Å². The molecule has 1 aromatic heterocycles. The number of benzene rings is 2. The van der Waals surface area contributed by atoms with Crippen molar-refractivity contribution < 1.29 is 4.74 Å². The van der Waals surface area contributed by atoms with E-state index in [2.05, 4.69) is 28.1 Å². The van der Waals surface area contributed by atoms with Crippen molar-refractivity contribution in [3.63, 3.8) is 0 Å². The van der Waals surface area contributed by atoms with Crippen LogP contribution in [0.5, 0.6) is 5.75 Å². The number of rotatable bonds is 3. The van der Waals surface area contributed by atoms with E-state index in [-0.39, 0.29) is 11.0 Å². The number of aromatic nitrogens is 1. The third-order valence-electron chi connectivity index (χ3n) is 5.89. The Labute approximate surface area is 152 Å². The average Bonchev–Trinajstić information content (AvgIpc) is 3.42. The fourth-order valence-electron chi connectivity index (χ4n) is 4.37. The van der Waals surface area contributed by atoms with Gasteiger partial charge in [-0.15, -0.1) is 0 Å². The van der Waals surface area contributed by atoms with Crippen LogP contribution in [0.15, 0.2) is 53.3 Å². The number of para-hydroxylation sites is 1. The molecule has 3 aromatic rings. The third-order valence-corrected chi connectivity index (χ3v) is 5.89. The zero-order valence-corrected chi connectivity index (χ0v) is 14.9. The van der Waals surface area contributed by atoms with E-state index in [0.717, 1.165) is 35.3 Å². The molecule has 5 rings (SSSR count). The molecular formula is C22H22N2O2. The molecule has 132 valence electrons. The van der Waals surface area contributed by atoms with Gasteiger partial charge in [0, 0.05) is 36.1 Å². The van der Waals surface area contributed by atoms with Crippen LogP contribution >= 0.6 is 0 Å². The van der Waals surface area contributed by atoms with Crippen molar-refractivity contribution >= 4 is 10.9 Å². The molecule has 1 spiro atoms. The summed E-state index contributed by atoms with van der Waals surface area (Å²) >= 11 is 0. The van der Waals surface area contributed by atoms with Crippen LogP contribution in [0.1, 0.15) is 29.5 Å². The molecule has 2 aliphatic rings. The van der Waals surface area contributed by atoms with Gasteiger partial charge in [-0.1, -0.05) is 24.3 Å². The predicted octanol–water partition coefficient (Wildman–Crippen LogP) is 3.58. The molecule has 2 aromatic carbocycles. The van der Waals surface area contributed by atoms with Crippen LogP contribution in [0.2, 0.25) is 0 Å². The lowest BCUT2D eigenvalue weighted by Gasteiger charge is -2.35. The summed E-state index contributed by atoms with van der Waals surface area (Å²) in [5.74, 6) is 0.939. The smallest absolute Gasteiger partial charge is 0.252 e. The Hall–Kier alpha value is -2.59. The Morgan fingerprint density at radius 2 is 2.00 bits per heavy atom. The lowest BCUT2D eigenvalue weighted by atomic mass is 9.86. The van der Waals surface area contributed by atoms with Gasteiger partial charge in [-0.25, -0.2) is 0 Å². The molecule has 0 unspecified atom stereocenters. The van der Waals surface area contributed by atoms with Crippen LogP contribution in [-0.2, 0) is 18.5 Å². The van der Waals surface area contributed by atoms with E-state index in [0.29, 0.717) is 6.54 Å². The van der Waals surface area contributed by atoms with Gasteiger partial charge in [0.25, 0.3) is 5.56 Å². The number of fused-ring (bicyclic) bond motifs is 3. The van der Waals surface area contributed by atoms with Gasteiger partial charge in [-0.05, 0) is 53.6 Å². The molecule has 4 nitrogen and oxygen atoms in total. The van der Waals surface area contributed by atoms with Crippen molar-refractivity contribution in [1.29, 1.82) is 0 Å². The highest BCUT2D eigenvalue weighted by atomic mass is 16.5. The van der Waals surface area contributed by atoms with Crippen molar-refractivity contribution in [1.82, 2.24) is 9.88 Å². The Morgan fingerprint density at radius 3 is 2.81 bits per heavy atom. The fraction of sp³-hybridized carbons (Fsp3) is 0.318. The molecule has 0 radical (unpaired) electrons. The van der Waals surface area contributed by atoms with E-state index in [1.165, 1.54) is 24.0 Å². The second kappa shape index (κ2) is 5.71. The van der Waals surface area contributed by atoms with Gasteiger partial charge in [-0.3, -0.25) is 9.69 Å². The average molecular weight is 346 g/mol. The molecule has 1 fully saturated rings. The first-order valence-corrected chi connectivity index (χ1v) is 9.18. The number of hydrogen-bond acceptors (Lipinski definition) is 3. The van der Waals surface area contributed by atoms with E-state index in [1.54, 1.807) is 7.11 Å². The quantitative estimate of drug-likeness (QED) is 0.788. The summed E-state index contributed by atoms with van der Waals surface area (Å²) in [7, 11) is 1.72. The Morgan fingerprint density at radius 1 is 1.15 bits per heavy atom. The minimum atomic E-state index is 0.0223. The first-order chi connectivity index (χ1) is 12.7. The first-order valence-electron chi connectivity index (χ1n) is 9.18. The number of methoxy groups -OCH3 is 1. The summed E-state index contributed by atoms with van der Waals surface area (Å²) in [5.41, 5.74) is 4.83. The van der Waals surface area contributed by atoms with Crippen molar-refractivity contribution in [2.75, 3.05) is 13.7 Å². The van der Waals surface area contributed by atoms with Gasteiger partial charge in [0.1, 0.15) is 5.75 Å². The summed E-state index contributed by atoms with van der Waals surface area (Å²) in [4.78, 5) is 18.0. The summed E-state index contributed by atoms with van der Waals surface area (Å²) in [6.07, 6.45) is 2.44. The van der Waals surface area contributed by atoms with Crippen molar-refractivity contribution in [3.8, 4) is 5.75 Å². The van der Waals surface area contributed by atoms with Crippen LogP contribution in [0.3, 0.4) is 0 Å². The number of nitrogens with one attached hydrogen (secondary N) is 1. The maximum Gasteiger partial charge on any atom is 0.252 e. The van der Waals surface area contributed by atoms with Crippen molar-refractivity contribution in [2.45, 2.75) is 31.3 Å². The van der Waals surface area contributed by atoms with Gasteiger partial charge < -0.3 is 9.72 Å². The molecule has 1 saturated carbocycles. The number of hydrogen-bond donors (Lipinski definition) is 1. The van der Waals surface area contributed by atoms with Gasteiger partial charge in [0.2, 0.25) is 0 Å². The van der Waals surface area contributed by atoms with E-state index in [4.69, 9.17) is 4.74 Å². The van der Waals surface area contributed by atoms with Crippen LogP contribution < -0.4 is 10.3 Å². The molecule has 26 heavy (non-hydrogen) atoms. The number of aromatic amines is 1. The monoisotopic (exact) mass is 346 g/mol. The summed E-state index contributed by atoms with van der Waals surface area (Å²) in [6.45, 7) is 2.58. The number of pyridine rings is 1. The molecular weight excluding hydrogens is 324 g/mol. The lowest BCUT2D eigenvalue weighted by molar-refractivity contribution is 0.212. The second-order valence-electron chi connectivity index (χ2n) is 7.66. The maximum absolute atomic E-state index is 12.5. The van der Waals surface area contributed by atoms with Crippen LogP contribution in [-0.4, -0.2) is 23.5 Å². The predicted molar refractivity (Wildman–Crippen MR) is 103 cm³/mol. The highest BCUT2D eigenvalue weighted by Gasteiger charge is 2.49. The van der Waals surface area contributed by atoms with E-state index >= 15 is 0 Å². The van der Waals surface area contributed by atoms with Gasteiger partial charge in [0.05, 0.1) is 7.11 Å². The van der Waals surface area contributed by atoms with Crippen LogP contribution in [0.4, 0.5) is 0 Å². The molecule has 2 heterocycles. The normalized spacial score (nSPS) is 18.0. The minimum Gasteiger partial charge on any atom is -0.497 e. The molecule has 1 N–H and O–H groups in total. The standard InChI is InChI=1S/C22H22N2O2/c1-26-18-7-6-16-12-24(14-22(8-9-22)19(16)11-18)13-17-10-15-4-2-3-5-20(15)23-21(17)25/h2-7,10-11H,8-9,12-14H2,1H3,(H,23,25). The van der Waals surface area contributed by atoms with Gasteiger partial charge in [0.15, 0.2) is 0 Å². The van der Waals surface area contributed by atoms with Gasteiger partial charge >= 0.3 is 0 Å². The van der Waals surface area contributed by atoms with E-state index in [9.17, 15) is 4.79 Å². The summed E-state index contributed by atoms with van der Waals surface area (Å²) in [6, 6.07) is 16.4. The maximum atomic E-state index is 12.5. The SMILES string of the molecule is COc1ccc2c(c1)C1(CC1)CN(Cc1cc3ccccc3[nH]c1=O)C2.